The first kappa shape index (κ1) is 17.9. The van der Waals surface area contributed by atoms with Crippen molar-refractivity contribution < 1.29 is 9.85 Å². The molecule has 0 aliphatic heterocycles. The van der Waals surface area contributed by atoms with Crippen LogP contribution >= 0.6 is 23.2 Å². The zero-order valence-electron chi connectivity index (χ0n) is 11.5. The molecule has 0 amide bonds. The van der Waals surface area contributed by atoms with E-state index in [2.05, 4.69) is 0 Å². The minimum Gasteiger partial charge on any atom is -0.258 e. The molecular formula is C14H12Cl2N2O4. The highest BCUT2D eigenvalue weighted by Crippen LogP contribution is 2.24. The third kappa shape index (κ3) is 4.68. The molecule has 0 radical (unpaired) electrons. The van der Waals surface area contributed by atoms with Crippen molar-refractivity contribution in [2.75, 3.05) is 0 Å². The molecule has 22 heavy (non-hydrogen) atoms. The maximum absolute atomic E-state index is 10.3. The van der Waals surface area contributed by atoms with Gasteiger partial charge in [-0.25, -0.2) is 0 Å². The standard InChI is InChI=1S/2C7H6ClNO2/c1-5-6(8)3-2-4-7(5)9(10)11;8-5-6-3-1-2-4-7(6)9(10)11/h2-4H,1H3;1-4H,5H2. The van der Waals surface area contributed by atoms with Crippen LogP contribution in [0.25, 0.3) is 0 Å². The van der Waals surface area contributed by atoms with Gasteiger partial charge in [0.25, 0.3) is 11.4 Å². The fraction of sp³-hybridized carbons (Fsp3) is 0.143. The maximum Gasteiger partial charge on any atom is 0.273 e. The summed E-state index contributed by atoms with van der Waals surface area (Å²) in [6, 6.07) is 11.1. The second-order valence-electron chi connectivity index (χ2n) is 4.16. The van der Waals surface area contributed by atoms with Crippen LogP contribution in [0, 0.1) is 27.2 Å². The molecule has 0 fully saturated rings. The monoisotopic (exact) mass is 342 g/mol. The van der Waals surface area contributed by atoms with Crippen LogP contribution in [-0.2, 0) is 5.88 Å². The van der Waals surface area contributed by atoms with E-state index in [-0.39, 0.29) is 17.3 Å². The van der Waals surface area contributed by atoms with E-state index < -0.39 is 9.85 Å². The van der Waals surface area contributed by atoms with Gasteiger partial charge < -0.3 is 0 Å². The molecule has 0 aromatic heterocycles. The topological polar surface area (TPSA) is 86.3 Å². The maximum atomic E-state index is 10.3. The molecule has 0 saturated heterocycles. The quantitative estimate of drug-likeness (QED) is 0.451. The van der Waals surface area contributed by atoms with E-state index in [9.17, 15) is 20.2 Å². The minimum atomic E-state index is -0.443. The summed E-state index contributed by atoms with van der Waals surface area (Å²) in [6.07, 6.45) is 0. The van der Waals surface area contributed by atoms with E-state index in [1.165, 1.54) is 12.1 Å². The molecule has 0 saturated carbocycles. The van der Waals surface area contributed by atoms with Gasteiger partial charge in [0, 0.05) is 23.3 Å². The Bertz CT molecular complexity index is 692. The lowest BCUT2D eigenvalue weighted by atomic mass is 10.2. The Balaban J connectivity index is 0.000000220. The zero-order valence-corrected chi connectivity index (χ0v) is 13.0. The van der Waals surface area contributed by atoms with Gasteiger partial charge in [0.1, 0.15) is 0 Å². The lowest BCUT2D eigenvalue weighted by Crippen LogP contribution is -1.91. The Morgan fingerprint density at radius 1 is 0.955 bits per heavy atom. The smallest absolute Gasteiger partial charge is 0.258 e. The van der Waals surface area contributed by atoms with E-state index in [1.807, 2.05) is 0 Å². The van der Waals surface area contributed by atoms with E-state index in [4.69, 9.17) is 23.2 Å². The second kappa shape index (κ2) is 8.31. The fourth-order valence-corrected chi connectivity index (χ4v) is 1.99. The Morgan fingerprint density at radius 2 is 1.50 bits per heavy atom. The van der Waals surface area contributed by atoms with Crippen molar-refractivity contribution in [3.8, 4) is 0 Å². The number of nitro benzene ring substituents is 2. The van der Waals surface area contributed by atoms with Crippen molar-refractivity contribution >= 4 is 34.6 Å². The molecule has 0 aliphatic carbocycles. The van der Waals surface area contributed by atoms with Crippen molar-refractivity contribution in [2.24, 2.45) is 0 Å². The molecule has 0 bridgehead atoms. The predicted octanol–water partition coefficient (Wildman–Crippen LogP) is 4.89. The third-order valence-corrected chi connectivity index (χ3v) is 3.47. The number of halogens is 2. The summed E-state index contributed by atoms with van der Waals surface area (Å²) in [4.78, 5) is 19.8. The van der Waals surface area contributed by atoms with Crippen LogP contribution in [0.1, 0.15) is 11.1 Å². The number of nitrogens with zero attached hydrogens (tertiary/aromatic N) is 2. The SMILES string of the molecule is Cc1c(Cl)cccc1[N+](=O)[O-].O=[N+]([O-])c1ccccc1CCl. The molecule has 2 rings (SSSR count). The van der Waals surface area contributed by atoms with Gasteiger partial charge in [-0.05, 0) is 13.0 Å². The lowest BCUT2D eigenvalue weighted by molar-refractivity contribution is -0.385. The average molecular weight is 343 g/mol. The van der Waals surface area contributed by atoms with Crippen LogP contribution in [0.2, 0.25) is 5.02 Å². The predicted molar refractivity (Wildman–Crippen MR) is 85.5 cm³/mol. The summed E-state index contributed by atoms with van der Waals surface area (Å²) in [5.41, 5.74) is 1.22. The van der Waals surface area contributed by atoms with Crippen molar-refractivity contribution in [2.45, 2.75) is 12.8 Å². The fourth-order valence-electron chi connectivity index (χ4n) is 1.60. The summed E-state index contributed by atoms with van der Waals surface area (Å²) in [6.45, 7) is 1.63. The van der Waals surface area contributed by atoms with Gasteiger partial charge in [0.15, 0.2) is 0 Å². The Labute approximate surface area is 136 Å². The molecule has 0 aliphatic rings. The van der Waals surface area contributed by atoms with Crippen LogP contribution in [0.3, 0.4) is 0 Å². The van der Waals surface area contributed by atoms with Gasteiger partial charge in [-0.3, -0.25) is 20.2 Å². The highest BCUT2D eigenvalue weighted by molar-refractivity contribution is 6.31. The zero-order chi connectivity index (χ0) is 16.7. The van der Waals surface area contributed by atoms with Crippen LogP contribution in [0.15, 0.2) is 42.5 Å². The molecule has 0 heterocycles. The second-order valence-corrected chi connectivity index (χ2v) is 4.83. The first-order valence-corrected chi connectivity index (χ1v) is 6.97. The Kier molecular flexibility index (Phi) is 6.75. The molecule has 2 aromatic carbocycles. The van der Waals surface area contributed by atoms with Crippen LogP contribution < -0.4 is 0 Å². The molecule has 0 unspecified atom stereocenters. The van der Waals surface area contributed by atoms with Crippen molar-refractivity contribution in [1.82, 2.24) is 0 Å². The average Bonchev–Trinajstić information content (AvgIpc) is 2.50. The van der Waals surface area contributed by atoms with Gasteiger partial charge in [0.05, 0.1) is 20.7 Å². The third-order valence-electron chi connectivity index (χ3n) is 2.77. The summed E-state index contributed by atoms with van der Waals surface area (Å²) >= 11 is 11.1. The Morgan fingerprint density at radius 3 is 1.95 bits per heavy atom. The number of nitro groups is 2. The molecule has 2 aromatic rings. The largest absolute Gasteiger partial charge is 0.273 e. The molecule has 0 spiro atoms. The van der Waals surface area contributed by atoms with Crippen molar-refractivity contribution in [3.05, 3.63) is 78.8 Å². The van der Waals surface area contributed by atoms with E-state index in [1.54, 1.807) is 37.3 Å². The van der Waals surface area contributed by atoms with Gasteiger partial charge >= 0.3 is 0 Å². The van der Waals surface area contributed by atoms with E-state index in [0.29, 0.717) is 16.1 Å². The Hall–Kier alpha value is -2.18. The number of hydrogen-bond acceptors (Lipinski definition) is 4. The van der Waals surface area contributed by atoms with Crippen LogP contribution in [-0.4, -0.2) is 9.85 Å². The summed E-state index contributed by atoms with van der Waals surface area (Å²) < 4.78 is 0. The highest BCUT2D eigenvalue weighted by Gasteiger charge is 2.11. The number of benzene rings is 2. The first-order valence-electron chi connectivity index (χ1n) is 6.06. The normalized spacial score (nSPS) is 9.59. The van der Waals surface area contributed by atoms with Gasteiger partial charge in [-0.1, -0.05) is 35.9 Å². The van der Waals surface area contributed by atoms with Gasteiger partial charge in [0.2, 0.25) is 0 Å². The van der Waals surface area contributed by atoms with E-state index >= 15 is 0 Å². The van der Waals surface area contributed by atoms with E-state index in [0.717, 1.165) is 0 Å². The van der Waals surface area contributed by atoms with Crippen LogP contribution in [0.4, 0.5) is 11.4 Å². The number of alkyl halides is 1. The lowest BCUT2D eigenvalue weighted by Gasteiger charge is -1.96. The molecule has 116 valence electrons. The number of para-hydroxylation sites is 1. The summed E-state index contributed by atoms with van der Waals surface area (Å²) in [5, 5.41) is 21.1. The number of hydrogen-bond donors (Lipinski definition) is 0. The summed E-state index contributed by atoms with van der Waals surface area (Å²) in [5.74, 6) is 0.178. The van der Waals surface area contributed by atoms with Gasteiger partial charge in [-0.15, -0.1) is 11.6 Å². The molecular weight excluding hydrogens is 331 g/mol. The number of rotatable bonds is 3. The van der Waals surface area contributed by atoms with Crippen molar-refractivity contribution in [3.63, 3.8) is 0 Å². The van der Waals surface area contributed by atoms with Gasteiger partial charge in [-0.2, -0.15) is 0 Å². The van der Waals surface area contributed by atoms with Crippen LogP contribution in [0.5, 0.6) is 0 Å². The first-order chi connectivity index (χ1) is 10.4. The molecule has 0 atom stereocenters. The highest BCUT2D eigenvalue weighted by atomic mass is 35.5. The molecule has 0 N–H and O–H groups in total. The van der Waals surface area contributed by atoms with Crippen molar-refractivity contribution in [1.29, 1.82) is 0 Å². The summed E-state index contributed by atoms with van der Waals surface area (Å²) in [7, 11) is 0. The molecule has 8 heteroatoms. The minimum absolute atomic E-state index is 0.0671. The molecule has 6 nitrogen and oxygen atoms in total.